The van der Waals surface area contributed by atoms with Crippen LogP contribution in [0.5, 0.6) is 0 Å². The summed E-state index contributed by atoms with van der Waals surface area (Å²) < 4.78 is 0. The molecule has 0 aliphatic carbocycles. The summed E-state index contributed by atoms with van der Waals surface area (Å²) in [5, 5.41) is 13.8. The Bertz CT molecular complexity index is 318. The van der Waals surface area contributed by atoms with Crippen LogP contribution in [0.1, 0.15) is 33.1 Å². The maximum atomic E-state index is 11.9. The van der Waals surface area contributed by atoms with E-state index >= 15 is 0 Å². The molecule has 1 heterocycles. The van der Waals surface area contributed by atoms with E-state index in [1.54, 1.807) is 0 Å². The first kappa shape index (κ1) is 16.9. The van der Waals surface area contributed by atoms with Gasteiger partial charge in [0, 0.05) is 13.2 Å². The minimum absolute atomic E-state index is 0. The third-order valence-corrected chi connectivity index (χ3v) is 3.13. The zero-order valence-corrected chi connectivity index (χ0v) is 11.5. The molecular formula is C11H20ClN3O3. The molecule has 0 bridgehead atoms. The van der Waals surface area contributed by atoms with Gasteiger partial charge in [-0.25, -0.2) is 0 Å². The lowest BCUT2D eigenvalue weighted by molar-refractivity contribution is -0.144. The molecule has 1 aliphatic rings. The van der Waals surface area contributed by atoms with Crippen LogP contribution in [0.25, 0.3) is 0 Å². The fraction of sp³-hybridized carbons (Fsp3) is 0.727. The molecule has 0 radical (unpaired) electrons. The predicted octanol–water partition coefficient (Wildman–Crippen LogP) is 0.199. The molecule has 0 aromatic carbocycles. The molecule has 2 amide bonds. The monoisotopic (exact) mass is 277 g/mol. The number of hydrogen-bond acceptors (Lipinski definition) is 4. The molecule has 0 aromatic heterocycles. The number of nitrogens with zero attached hydrogens (tertiary/aromatic N) is 1. The zero-order valence-electron chi connectivity index (χ0n) is 10.7. The summed E-state index contributed by atoms with van der Waals surface area (Å²) in [5.74, 6) is -0.408. The van der Waals surface area contributed by atoms with Crippen LogP contribution in [0.2, 0.25) is 0 Å². The number of amides is 2. The van der Waals surface area contributed by atoms with E-state index in [1.807, 2.05) is 13.8 Å². The number of carbonyl (C=O) groups excluding carboxylic acids is 2. The molecular weight excluding hydrogens is 258 g/mol. The SMILES string of the molecule is CCC1(CC)C(=O)NC(=NCCCO)NC1=O.Cl. The molecule has 7 heteroatoms. The third kappa shape index (κ3) is 3.20. The molecule has 1 aliphatic heterocycles. The second-order valence-electron chi connectivity index (χ2n) is 4.00. The van der Waals surface area contributed by atoms with E-state index in [2.05, 4.69) is 15.6 Å². The van der Waals surface area contributed by atoms with Gasteiger partial charge >= 0.3 is 0 Å². The maximum Gasteiger partial charge on any atom is 0.242 e. The highest BCUT2D eigenvalue weighted by molar-refractivity contribution is 6.20. The summed E-state index contributed by atoms with van der Waals surface area (Å²) in [6.45, 7) is 4.04. The van der Waals surface area contributed by atoms with Crippen molar-refractivity contribution in [1.29, 1.82) is 0 Å². The molecule has 3 N–H and O–H groups in total. The second kappa shape index (κ2) is 7.33. The quantitative estimate of drug-likeness (QED) is 0.495. The van der Waals surface area contributed by atoms with E-state index in [0.717, 1.165) is 0 Å². The molecule has 0 saturated carbocycles. The molecule has 1 saturated heterocycles. The van der Waals surface area contributed by atoms with Gasteiger partial charge in [0.1, 0.15) is 5.41 Å². The van der Waals surface area contributed by atoms with Crippen LogP contribution in [0, 0.1) is 5.41 Å². The Morgan fingerprint density at radius 2 is 1.67 bits per heavy atom. The van der Waals surface area contributed by atoms with E-state index in [4.69, 9.17) is 5.11 Å². The fourth-order valence-corrected chi connectivity index (χ4v) is 1.82. The molecule has 0 spiro atoms. The molecule has 104 valence electrons. The molecule has 0 atom stereocenters. The van der Waals surface area contributed by atoms with Crippen molar-refractivity contribution in [2.75, 3.05) is 13.2 Å². The number of aliphatic imine (C=N–C) groups is 1. The highest BCUT2D eigenvalue weighted by Gasteiger charge is 2.46. The summed E-state index contributed by atoms with van der Waals surface area (Å²) >= 11 is 0. The molecule has 0 aromatic rings. The van der Waals surface area contributed by atoms with Crippen LogP contribution in [0.15, 0.2) is 4.99 Å². The number of nitrogens with one attached hydrogen (secondary N) is 2. The molecule has 1 fully saturated rings. The van der Waals surface area contributed by atoms with Crippen LogP contribution in [-0.4, -0.2) is 36.0 Å². The summed E-state index contributed by atoms with van der Waals surface area (Å²) in [4.78, 5) is 27.9. The van der Waals surface area contributed by atoms with E-state index in [9.17, 15) is 9.59 Å². The number of aliphatic hydroxyl groups is 1. The minimum Gasteiger partial charge on any atom is -0.396 e. The van der Waals surface area contributed by atoms with Crippen molar-refractivity contribution in [3.63, 3.8) is 0 Å². The zero-order chi connectivity index (χ0) is 12.9. The van der Waals surface area contributed by atoms with Gasteiger partial charge in [-0.1, -0.05) is 13.8 Å². The van der Waals surface area contributed by atoms with Gasteiger partial charge in [0.15, 0.2) is 0 Å². The average molecular weight is 278 g/mol. The number of hydrogen-bond donors (Lipinski definition) is 3. The van der Waals surface area contributed by atoms with Gasteiger partial charge < -0.3 is 5.11 Å². The van der Waals surface area contributed by atoms with E-state index in [1.165, 1.54) is 0 Å². The van der Waals surface area contributed by atoms with Gasteiger partial charge in [-0.05, 0) is 19.3 Å². The smallest absolute Gasteiger partial charge is 0.242 e. The topological polar surface area (TPSA) is 90.8 Å². The van der Waals surface area contributed by atoms with Gasteiger partial charge in [0.2, 0.25) is 17.8 Å². The predicted molar refractivity (Wildman–Crippen MR) is 70.6 cm³/mol. The van der Waals surface area contributed by atoms with Gasteiger partial charge in [-0.3, -0.25) is 25.2 Å². The van der Waals surface area contributed by atoms with Crippen molar-refractivity contribution in [3.8, 4) is 0 Å². The first-order chi connectivity index (χ1) is 8.10. The minimum atomic E-state index is -0.976. The van der Waals surface area contributed by atoms with Crippen LogP contribution < -0.4 is 10.6 Å². The summed E-state index contributed by atoms with van der Waals surface area (Å²) in [6, 6.07) is 0. The van der Waals surface area contributed by atoms with Gasteiger partial charge in [-0.15, -0.1) is 12.4 Å². The van der Waals surface area contributed by atoms with E-state index < -0.39 is 5.41 Å². The van der Waals surface area contributed by atoms with Gasteiger partial charge in [0.05, 0.1) is 0 Å². The standard InChI is InChI=1S/C11H19N3O3.ClH/c1-3-11(4-2)8(16)13-10(14-9(11)17)12-6-5-7-15;/h15H,3-7H2,1-2H3,(H2,12,13,14,16,17);1H. The molecule has 6 nitrogen and oxygen atoms in total. The van der Waals surface area contributed by atoms with E-state index in [-0.39, 0.29) is 36.8 Å². The Morgan fingerprint density at radius 1 is 1.17 bits per heavy atom. The highest BCUT2D eigenvalue weighted by Crippen LogP contribution is 2.28. The highest BCUT2D eigenvalue weighted by atomic mass is 35.5. The van der Waals surface area contributed by atoms with Gasteiger partial charge in [-0.2, -0.15) is 0 Å². The Balaban J connectivity index is 0.00000289. The van der Waals surface area contributed by atoms with Crippen molar-refractivity contribution in [3.05, 3.63) is 0 Å². The lowest BCUT2D eigenvalue weighted by Gasteiger charge is -2.33. The summed E-state index contributed by atoms with van der Waals surface area (Å²) in [5.41, 5.74) is -0.976. The number of rotatable bonds is 5. The van der Waals surface area contributed by atoms with Crippen molar-refractivity contribution in [2.45, 2.75) is 33.1 Å². The first-order valence-electron chi connectivity index (χ1n) is 5.89. The van der Waals surface area contributed by atoms with Crippen LogP contribution >= 0.6 is 12.4 Å². The number of carbonyl (C=O) groups is 2. The molecule has 0 unspecified atom stereocenters. The molecule has 1 rings (SSSR count). The average Bonchev–Trinajstić information content (AvgIpc) is 2.30. The van der Waals surface area contributed by atoms with Crippen LogP contribution in [0.3, 0.4) is 0 Å². The van der Waals surface area contributed by atoms with Crippen molar-refractivity contribution in [2.24, 2.45) is 10.4 Å². The van der Waals surface area contributed by atoms with E-state index in [0.29, 0.717) is 25.8 Å². The summed E-state index contributed by atoms with van der Waals surface area (Å²) in [7, 11) is 0. The largest absolute Gasteiger partial charge is 0.396 e. The summed E-state index contributed by atoms with van der Waals surface area (Å²) in [6.07, 6.45) is 1.43. The van der Waals surface area contributed by atoms with Crippen LogP contribution in [0.4, 0.5) is 0 Å². The van der Waals surface area contributed by atoms with Crippen molar-refractivity contribution in [1.82, 2.24) is 10.6 Å². The third-order valence-electron chi connectivity index (χ3n) is 3.13. The van der Waals surface area contributed by atoms with Crippen LogP contribution in [-0.2, 0) is 9.59 Å². The first-order valence-corrected chi connectivity index (χ1v) is 5.89. The Morgan fingerprint density at radius 3 is 2.06 bits per heavy atom. The van der Waals surface area contributed by atoms with Crippen molar-refractivity contribution >= 4 is 30.2 Å². The Kier molecular flexibility index (Phi) is 6.86. The fourth-order valence-electron chi connectivity index (χ4n) is 1.82. The Hall–Kier alpha value is -1.14. The van der Waals surface area contributed by atoms with Crippen molar-refractivity contribution < 1.29 is 14.7 Å². The van der Waals surface area contributed by atoms with Gasteiger partial charge in [0.25, 0.3) is 0 Å². The maximum absolute atomic E-state index is 11.9. The lowest BCUT2D eigenvalue weighted by atomic mass is 9.79. The molecule has 18 heavy (non-hydrogen) atoms. The normalized spacial score (nSPS) is 17.6. The second-order valence-corrected chi connectivity index (χ2v) is 4.00. The number of aliphatic hydroxyl groups excluding tert-OH is 1. The Labute approximate surface area is 113 Å². The number of guanidine groups is 1. The number of halogens is 1. The lowest BCUT2D eigenvalue weighted by Crippen LogP contribution is -2.62.